The highest BCUT2D eigenvalue weighted by atomic mass is 16.5. The van der Waals surface area contributed by atoms with Gasteiger partial charge in [0.05, 0.1) is 13.0 Å². The van der Waals surface area contributed by atoms with Gasteiger partial charge in [-0.1, -0.05) is 29.4 Å². The lowest BCUT2D eigenvalue weighted by Crippen LogP contribution is -2.48. The Hall–Kier alpha value is -3.22. The Labute approximate surface area is 150 Å². The van der Waals surface area contributed by atoms with Crippen molar-refractivity contribution in [3.8, 4) is 5.75 Å². The second-order valence-electron chi connectivity index (χ2n) is 6.16. The number of pyridine rings is 1. The van der Waals surface area contributed by atoms with Crippen molar-refractivity contribution >= 4 is 5.91 Å². The van der Waals surface area contributed by atoms with E-state index in [1.807, 2.05) is 24.3 Å². The lowest BCUT2D eigenvalue weighted by atomic mass is 9.99. The minimum Gasteiger partial charge on any atom is -0.496 e. The molecule has 3 heterocycles. The molecule has 0 unspecified atom stereocenters. The molecule has 1 fully saturated rings. The molecule has 1 amide bonds. The molecule has 1 aliphatic rings. The van der Waals surface area contributed by atoms with Gasteiger partial charge in [-0.3, -0.25) is 9.78 Å². The highest BCUT2D eigenvalue weighted by Gasteiger charge is 2.36. The highest BCUT2D eigenvalue weighted by molar-refractivity contribution is 5.92. The van der Waals surface area contributed by atoms with E-state index in [0.717, 1.165) is 11.3 Å². The average Bonchev–Trinajstić information content (AvgIpc) is 3.09. The largest absolute Gasteiger partial charge is 0.496 e. The molecule has 0 bridgehead atoms. The number of methoxy groups -OCH3 is 1. The standard InChI is InChI=1S/C19H18N4O3/c1-25-16-8-3-2-6-13(16)10-17-21-18(26-22-17)14-11-23(12-14)19(24)15-7-4-5-9-20-15/h2-9,14H,10-12H2,1H3. The third-order valence-electron chi connectivity index (χ3n) is 4.43. The van der Waals surface area contributed by atoms with Crippen LogP contribution < -0.4 is 4.74 Å². The molecule has 7 nitrogen and oxygen atoms in total. The number of para-hydroxylation sites is 1. The van der Waals surface area contributed by atoms with E-state index in [9.17, 15) is 4.79 Å². The van der Waals surface area contributed by atoms with Gasteiger partial charge in [0.2, 0.25) is 5.89 Å². The number of amides is 1. The molecule has 0 spiro atoms. The summed E-state index contributed by atoms with van der Waals surface area (Å²) in [5.41, 5.74) is 1.45. The van der Waals surface area contributed by atoms with Gasteiger partial charge in [0, 0.05) is 31.3 Å². The molecule has 0 radical (unpaired) electrons. The molecule has 0 N–H and O–H groups in total. The number of likely N-dealkylation sites (tertiary alicyclic amines) is 1. The molecule has 1 aromatic carbocycles. The summed E-state index contributed by atoms with van der Waals surface area (Å²) >= 11 is 0. The summed E-state index contributed by atoms with van der Waals surface area (Å²) in [7, 11) is 1.64. The smallest absolute Gasteiger partial charge is 0.272 e. The van der Waals surface area contributed by atoms with Gasteiger partial charge in [-0.2, -0.15) is 4.98 Å². The van der Waals surface area contributed by atoms with Gasteiger partial charge in [0.25, 0.3) is 5.91 Å². The van der Waals surface area contributed by atoms with Crippen LogP contribution in [0.3, 0.4) is 0 Å². The van der Waals surface area contributed by atoms with E-state index >= 15 is 0 Å². The van der Waals surface area contributed by atoms with Gasteiger partial charge in [-0.15, -0.1) is 0 Å². The molecular formula is C19H18N4O3. The Bertz CT molecular complexity index is 904. The number of rotatable bonds is 5. The van der Waals surface area contributed by atoms with E-state index in [1.165, 1.54) is 0 Å². The minimum atomic E-state index is -0.0735. The third-order valence-corrected chi connectivity index (χ3v) is 4.43. The Morgan fingerprint density at radius 2 is 2.04 bits per heavy atom. The number of benzene rings is 1. The summed E-state index contributed by atoms with van der Waals surface area (Å²) in [5.74, 6) is 1.98. The number of ether oxygens (including phenoxy) is 1. The first-order valence-electron chi connectivity index (χ1n) is 8.39. The maximum atomic E-state index is 12.3. The van der Waals surface area contributed by atoms with Crippen molar-refractivity contribution < 1.29 is 14.1 Å². The monoisotopic (exact) mass is 350 g/mol. The molecule has 1 aliphatic heterocycles. The van der Waals surface area contributed by atoms with Gasteiger partial charge in [-0.05, 0) is 18.2 Å². The molecule has 7 heteroatoms. The Morgan fingerprint density at radius 3 is 2.81 bits per heavy atom. The van der Waals surface area contributed by atoms with E-state index in [1.54, 1.807) is 36.4 Å². The molecule has 0 aliphatic carbocycles. The zero-order valence-corrected chi connectivity index (χ0v) is 14.3. The van der Waals surface area contributed by atoms with Crippen LogP contribution in [0.25, 0.3) is 0 Å². The Kier molecular flexibility index (Phi) is 4.35. The lowest BCUT2D eigenvalue weighted by molar-refractivity contribution is 0.0563. The van der Waals surface area contributed by atoms with Crippen LogP contribution in [-0.2, 0) is 6.42 Å². The van der Waals surface area contributed by atoms with Crippen molar-refractivity contribution in [2.24, 2.45) is 0 Å². The number of carbonyl (C=O) groups is 1. The van der Waals surface area contributed by atoms with Crippen LogP contribution in [0, 0.1) is 0 Å². The maximum absolute atomic E-state index is 12.3. The molecular weight excluding hydrogens is 332 g/mol. The fourth-order valence-electron chi connectivity index (χ4n) is 2.98. The summed E-state index contributed by atoms with van der Waals surface area (Å²) in [6.45, 7) is 1.12. The van der Waals surface area contributed by atoms with Crippen LogP contribution in [0.2, 0.25) is 0 Å². The Morgan fingerprint density at radius 1 is 1.23 bits per heavy atom. The predicted octanol–water partition coefficient (Wildman–Crippen LogP) is 2.30. The highest BCUT2D eigenvalue weighted by Crippen LogP contribution is 2.27. The first kappa shape index (κ1) is 16.3. The van der Waals surface area contributed by atoms with Crippen LogP contribution in [-0.4, -0.2) is 46.1 Å². The van der Waals surface area contributed by atoms with E-state index in [0.29, 0.717) is 36.9 Å². The van der Waals surface area contributed by atoms with Crippen LogP contribution in [0.15, 0.2) is 53.2 Å². The van der Waals surface area contributed by atoms with Crippen LogP contribution in [0.1, 0.15) is 33.7 Å². The molecule has 3 aromatic rings. The van der Waals surface area contributed by atoms with Crippen molar-refractivity contribution in [1.29, 1.82) is 0 Å². The van der Waals surface area contributed by atoms with E-state index in [-0.39, 0.29) is 11.8 Å². The van der Waals surface area contributed by atoms with Crippen LogP contribution in [0.4, 0.5) is 0 Å². The van der Waals surface area contributed by atoms with Gasteiger partial charge < -0.3 is 14.2 Å². The SMILES string of the molecule is COc1ccccc1Cc1noc(C2CN(C(=O)c3ccccn3)C2)n1. The molecule has 132 valence electrons. The molecule has 2 aromatic heterocycles. The summed E-state index contributed by atoms with van der Waals surface area (Å²) < 4.78 is 10.7. The second-order valence-corrected chi connectivity index (χ2v) is 6.16. The van der Waals surface area contributed by atoms with Gasteiger partial charge in [-0.25, -0.2) is 0 Å². The van der Waals surface area contributed by atoms with Crippen LogP contribution in [0.5, 0.6) is 5.75 Å². The summed E-state index contributed by atoms with van der Waals surface area (Å²) in [4.78, 5) is 22.6. The zero-order chi connectivity index (χ0) is 17.9. The quantitative estimate of drug-likeness (QED) is 0.702. The molecule has 26 heavy (non-hydrogen) atoms. The lowest BCUT2D eigenvalue weighted by Gasteiger charge is -2.36. The first-order chi connectivity index (χ1) is 12.7. The number of carbonyl (C=O) groups excluding carboxylic acids is 1. The predicted molar refractivity (Wildman–Crippen MR) is 93.0 cm³/mol. The van der Waals surface area contributed by atoms with E-state index in [4.69, 9.17) is 9.26 Å². The Balaban J connectivity index is 1.38. The molecule has 4 rings (SSSR count). The maximum Gasteiger partial charge on any atom is 0.272 e. The van der Waals surface area contributed by atoms with Gasteiger partial charge in [0.15, 0.2) is 5.82 Å². The first-order valence-corrected chi connectivity index (χ1v) is 8.39. The molecule has 0 atom stereocenters. The molecule has 0 saturated carbocycles. The van der Waals surface area contributed by atoms with Crippen LogP contribution >= 0.6 is 0 Å². The summed E-state index contributed by atoms with van der Waals surface area (Å²) in [6.07, 6.45) is 2.16. The van der Waals surface area contributed by atoms with Crippen molar-refractivity contribution in [3.05, 3.63) is 71.6 Å². The number of hydrogen-bond acceptors (Lipinski definition) is 6. The van der Waals surface area contributed by atoms with Gasteiger partial charge >= 0.3 is 0 Å². The average molecular weight is 350 g/mol. The number of hydrogen-bond donors (Lipinski definition) is 0. The second kappa shape index (κ2) is 6.95. The molecule has 1 saturated heterocycles. The fraction of sp³-hybridized carbons (Fsp3) is 0.263. The van der Waals surface area contributed by atoms with E-state index in [2.05, 4.69) is 15.1 Å². The van der Waals surface area contributed by atoms with Crippen molar-refractivity contribution in [2.75, 3.05) is 20.2 Å². The summed E-state index contributed by atoms with van der Waals surface area (Å²) in [5, 5.41) is 4.06. The number of nitrogens with zero attached hydrogens (tertiary/aromatic N) is 4. The van der Waals surface area contributed by atoms with Crippen molar-refractivity contribution in [2.45, 2.75) is 12.3 Å². The fourth-order valence-corrected chi connectivity index (χ4v) is 2.98. The van der Waals surface area contributed by atoms with E-state index < -0.39 is 0 Å². The van der Waals surface area contributed by atoms with Crippen molar-refractivity contribution in [1.82, 2.24) is 20.0 Å². The number of aromatic nitrogens is 3. The van der Waals surface area contributed by atoms with Crippen molar-refractivity contribution in [3.63, 3.8) is 0 Å². The third kappa shape index (κ3) is 3.15. The topological polar surface area (TPSA) is 81.4 Å². The normalized spacial score (nSPS) is 14.1. The van der Waals surface area contributed by atoms with Gasteiger partial charge in [0.1, 0.15) is 11.4 Å². The minimum absolute atomic E-state index is 0.0709. The summed E-state index contributed by atoms with van der Waals surface area (Å²) in [6, 6.07) is 13.1. The zero-order valence-electron chi connectivity index (χ0n) is 14.3.